The van der Waals surface area contributed by atoms with Gasteiger partial charge in [-0.3, -0.25) is 4.79 Å². The molecule has 2 aliphatic rings. The lowest BCUT2D eigenvalue weighted by Gasteiger charge is -2.29. The molecule has 1 amide bonds. The molecular weight excluding hydrogens is 554 g/mol. The number of primary sulfonamides is 1. The second-order valence-electron chi connectivity index (χ2n) is 11.7. The van der Waals surface area contributed by atoms with Crippen LogP contribution in [0.4, 0.5) is 0 Å². The van der Waals surface area contributed by atoms with Gasteiger partial charge in [0, 0.05) is 48.9 Å². The van der Waals surface area contributed by atoms with Gasteiger partial charge in [0.1, 0.15) is 5.75 Å². The number of amides is 1. The number of sulfonamides is 1. The van der Waals surface area contributed by atoms with Crippen molar-refractivity contribution in [2.24, 2.45) is 11.1 Å². The number of para-hydroxylation sites is 1. The van der Waals surface area contributed by atoms with Crippen molar-refractivity contribution >= 4 is 32.8 Å². The molecule has 1 aromatic heterocycles. The maximum Gasteiger partial charge on any atom is 0.337 e. The Labute approximate surface area is 248 Å². The molecule has 0 unspecified atom stereocenters. The van der Waals surface area contributed by atoms with Gasteiger partial charge in [0.25, 0.3) is 0 Å². The maximum absolute atomic E-state index is 12.7. The van der Waals surface area contributed by atoms with Crippen molar-refractivity contribution < 1.29 is 27.5 Å². The van der Waals surface area contributed by atoms with Crippen molar-refractivity contribution in [2.75, 3.05) is 33.1 Å². The highest BCUT2D eigenvalue weighted by Gasteiger charge is 2.31. The third kappa shape index (κ3) is 6.65. The highest BCUT2D eigenvalue weighted by molar-refractivity contribution is 7.89. The Bertz CT molecular complexity index is 1560. The first-order chi connectivity index (χ1) is 20.2. The lowest BCUT2D eigenvalue weighted by molar-refractivity contribution is -0.130. The lowest BCUT2D eigenvalue weighted by atomic mass is 9.81. The van der Waals surface area contributed by atoms with E-state index in [1.54, 1.807) is 11.9 Å². The summed E-state index contributed by atoms with van der Waals surface area (Å²) in [5, 5.41) is 6.25. The largest absolute Gasteiger partial charge is 0.493 e. The van der Waals surface area contributed by atoms with E-state index in [1.165, 1.54) is 37.3 Å². The summed E-state index contributed by atoms with van der Waals surface area (Å²) in [6.45, 7) is 1.67. The zero-order valence-corrected chi connectivity index (χ0v) is 25.3. The summed E-state index contributed by atoms with van der Waals surface area (Å²) in [6, 6.07) is 14.1. The normalized spacial score (nSPS) is 17.5. The van der Waals surface area contributed by atoms with Crippen molar-refractivity contribution in [1.82, 2.24) is 9.47 Å². The van der Waals surface area contributed by atoms with Gasteiger partial charge in [0.2, 0.25) is 15.9 Å². The van der Waals surface area contributed by atoms with E-state index in [4.69, 9.17) is 14.6 Å². The predicted octanol–water partition coefficient (Wildman–Crippen LogP) is 5.07. The molecule has 2 heterocycles. The topological polar surface area (TPSA) is 121 Å². The Kier molecular flexibility index (Phi) is 9.22. The molecule has 2 aromatic carbocycles. The Morgan fingerprint density at radius 1 is 1.12 bits per heavy atom. The Balaban J connectivity index is 1.50. The second kappa shape index (κ2) is 12.9. The molecule has 1 aliphatic carbocycles. The van der Waals surface area contributed by atoms with Crippen LogP contribution in [0.15, 0.2) is 42.5 Å². The molecule has 0 saturated heterocycles. The highest BCUT2D eigenvalue weighted by atomic mass is 32.2. The van der Waals surface area contributed by atoms with Crippen molar-refractivity contribution in [2.45, 2.75) is 63.8 Å². The van der Waals surface area contributed by atoms with Gasteiger partial charge in [0.15, 0.2) is 0 Å². The van der Waals surface area contributed by atoms with E-state index in [-0.39, 0.29) is 36.4 Å². The number of nitrogens with two attached hydrogens (primary N) is 1. The molecule has 0 spiro atoms. The SMILES string of the molecule is COC(=O)c1ccc2c(C3CCCCC3)c3n(c2c1)C[C@@H](CCN(C)C(=O)CCCS(N)(=O)=O)COc1ccccc1-3. The first-order valence-electron chi connectivity index (χ1n) is 14.9. The third-order valence-corrected chi connectivity index (χ3v) is 9.57. The van der Waals surface area contributed by atoms with E-state index < -0.39 is 10.0 Å². The molecule has 1 aliphatic heterocycles. The van der Waals surface area contributed by atoms with Crippen LogP contribution in [-0.4, -0.2) is 62.8 Å². The number of hydrogen-bond acceptors (Lipinski definition) is 6. The smallest absolute Gasteiger partial charge is 0.337 e. The number of fused-ring (bicyclic) bond motifs is 5. The van der Waals surface area contributed by atoms with Gasteiger partial charge in [-0.1, -0.05) is 37.5 Å². The summed E-state index contributed by atoms with van der Waals surface area (Å²) < 4.78 is 36.4. The fraction of sp³-hybridized carbons (Fsp3) is 0.500. The number of carbonyl (C=O) groups is 2. The Morgan fingerprint density at radius 3 is 2.62 bits per heavy atom. The predicted molar refractivity (Wildman–Crippen MR) is 163 cm³/mol. The second-order valence-corrected chi connectivity index (χ2v) is 13.4. The van der Waals surface area contributed by atoms with Crippen LogP contribution < -0.4 is 9.88 Å². The molecule has 226 valence electrons. The first kappa shape index (κ1) is 30.1. The van der Waals surface area contributed by atoms with Crippen LogP contribution in [0.1, 0.15) is 73.2 Å². The number of methoxy groups -OCH3 is 1. The van der Waals surface area contributed by atoms with Gasteiger partial charge in [-0.05, 0) is 61.4 Å². The van der Waals surface area contributed by atoms with Gasteiger partial charge >= 0.3 is 5.97 Å². The van der Waals surface area contributed by atoms with Gasteiger partial charge < -0.3 is 18.9 Å². The number of rotatable bonds is 9. The van der Waals surface area contributed by atoms with Gasteiger partial charge in [-0.2, -0.15) is 0 Å². The molecule has 1 atom stereocenters. The van der Waals surface area contributed by atoms with E-state index in [1.807, 2.05) is 30.3 Å². The minimum absolute atomic E-state index is 0.0911. The van der Waals surface area contributed by atoms with E-state index in [0.717, 1.165) is 35.4 Å². The summed E-state index contributed by atoms with van der Waals surface area (Å²) in [4.78, 5) is 26.9. The Hall–Kier alpha value is -3.37. The fourth-order valence-electron chi connectivity index (χ4n) is 6.50. The van der Waals surface area contributed by atoms with Crippen molar-refractivity contribution in [3.8, 4) is 17.0 Å². The lowest BCUT2D eigenvalue weighted by Crippen LogP contribution is -2.31. The molecular formula is C32H41N3O6S. The summed E-state index contributed by atoms with van der Waals surface area (Å²) >= 11 is 0. The zero-order chi connectivity index (χ0) is 29.9. The number of ether oxygens (including phenoxy) is 2. The molecule has 2 N–H and O–H groups in total. The molecule has 3 aromatic rings. The minimum Gasteiger partial charge on any atom is -0.493 e. The van der Waals surface area contributed by atoms with E-state index in [2.05, 4.69) is 16.7 Å². The number of nitrogens with zero attached hydrogens (tertiary/aromatic N) is 2. The molecule has 1 saturated carbocycles. The van der Waals surface area contributed by atoms with Crippen LogP contribution in [0.3, 0.4) is 0 Å². The van der Waals surface area contributed by atoms with Crippen LogP contribution >= 0.6 is 0 Å². The third-order valence-electron chi connectivity index (χ3n) is 8.71. The van der Waals surface area contributed by atoms with Crippen molar-refractivity contribution in [1.29, 1.82) is 0 Å². The summed E-state index contributed by atoms with van der Waals surface area (Å²) in [5.74, 6) is 0.680. The van der Waals surface area contributed by atoms with Crippen LogP contribution in [0.5, 0.6) is 5.75 Å². The molecule has 0 radical (unpaired) electrons. The quantitative estimate of drug-likeness (QED) is 0.345. The Morgan fingerprint density at radius 2 is 1.88 bits per heavy atom. The molecule has 5 rings (SSSR count). The highest BCUT2D eigenvalue weighted by Crippen LogP contribution is 2.47. The number of carbonyl (C=O) groups excluding carboxylic acids is 2. The van der Waals surface area contributed by atoms with Crippen LogP contribution in [-0.2, 0) is 26.1 Å². The summed E-state index contributed by atoms with van der Waals surface area (Å²) in [6.07, 6.45) is 6.97. The monoisotopic (exact) mass is 595 g/mol. The van der Waals surface area contributed by atoms with E-state index in [9.17, 15) is 18.0 Å². The number of benzene rings is 2. The van der Waals surface area contributed by atoms with Crippen LogP contribution in [0.25, 0.3) is 22.2 Å². The van der Waals surface area contributed by atoms with Crippen molar-refractivity contribution in [3.63, 3.8) is 0 Å². The summed E-state index contributed by atoms with van der Waals surface area (Å²) in [7, 11) is -0.438. The van der Waals surface area contributed by atoms with Crippen LogP contribution in [0, 0.1) is 5.92 Å². The molecule has 42 heavy (non-hydrogen) atoms. The average molecular weight is 596 g/mol. The number of esters is 1. The molecule has 0 bridgehead atoms. The van der Waals surface area contributed by atoms with E-state index >= 15 is 0 Å². The maximum atomic E-state index is 12.7. The fourth-order valence-corrected chi connectivity index (χ4v) is 7.05. The average Bonchev–Trinajstić information content (AvgIpc) is 3.29. The standard InChI is InChI=1S/C32H41N3O6S/c1-34(29(36)13-8-18-42(33,38)39)17-16-22-20-35-27-19-24(32(37)40-2)14-15-25(27)30(23-9-4-3-5-10-23)31(35)26-11-6-7-12-28(26)41-21-22/h6-7,11-12,14-15,19,22-23H,3-5,8-10,13,16-18,20-21H2,1-2H3,(H2,33,38,39)/t22-/m1/s1. The van der Waals surface area contributed by atoms with Crippen LogP contribution in [0.2, 0.25) is 0 Å². The molecule has 9 nitrogen and oxygen atoms in total. The van der Waals surface area contributed by atoms with Gasteiger partial charge in [-0.25, -0.2) is 18.4 Å². The number of hydrogen-bond donors (Lipinski definition) is 1. The molecule has 10 heteroatoms. The molecule has 1 fully saturated rings. The minimum atomic E-state index is -3.59. The number of aromatic nitrogens is 1. The first-order valence-corrected chi connectivity index (χ1v) is 16.6. The van der Waals surface area contributed by atoms with Crippen molar-refractivity contribution in [3.05, 3.63) is 53.6 Å². The van der Waals surface area contributed by atoms with E-state index in [0.29, 0.717) is 37.6 Å². The zero-order valence-electron chi connectivity index (χ0n) is 24.5. The summed E-state index contributed by atoms with van der Waals surface area (Å²) in [5.41, 5.74) is 5.09. The van der Waals surface area contributed by atoms with Gasteiger partial charge in [-0.15, -0.1) is 0 Å². The van der Waals surface area contributed by atoms with Gasteiger partial charge in [0.05, 0.1) is 30.7 Å².